The average Bonchev–Trinajstić information content (AvgIpc) is 2.66. The van der Waals surface area contributed by atoms with E-state index >= 15 is 0 Å². The van der Waals surface area contributed by atoms with Crippen LogP contribution >= 0.6 is 0 Å². The lowest BCUT2D eigenvalue weighted by Gasteiger charge is -2.31. The van der Waals surface area contributed by atoms with E-state index in [2.05, 4.69) is 43.1 Å². The minimum absolute atomic E-state index is 0.106. The molecule has 0 heterocycles. The van der Waals surface area contributed by atoms with Crippen LogP contribution in [0, 0.1) is 0 Å². The van der Waals surface area contributed by atoms with E-state index in [1.165, 1.54) is 49.8 Å². The number of hydrogen-bond donors (Lipinski definition) is 1. The molecular formula is C16H26N2. The Hall–Kier alpha value is -1.02. The number of nitrogens with zero attached hydrogens (tertiary/aromatic N) is 1. The first-order valence-corrected chi connectivity index (χ1v) is 7.27. The van der Waals surface area contributed by atoms with E-state index in [0.717, 1.165) is 0 Å². The number of rotatable bonds is 3. The Kier molecular flexibility index (Phi) is 4.65. The normalized spacial score (nSPS) is 19.3. The fourth-order valence-corrected chi connectivity index (χ4v) is 3.04. The summed E-state index contributed by atoms with van der Waals surface area (Å²) in [4.78, 5) is 2.46. The molecule has 1 fully saturated rings. The minimum Gasteiger partial charge on any atom is -0.371 e. The summed E-state index contributed by atoms with van der Waals surface area (Å²) in [6.45, 7) is 2.07. The molecule has 1 saturated carbocycles. The van der Waals surface area contributed by atoms with Crippen molar-refractivity contribution >= 4 is 5.69 Å². The highest BCUT2D eigenvalue weighted by Gasteiger charge is 2.19. The van der Waals surface area contributed by atoms with Crippen molar-refractivity contribution in [2.24, 2.45) is 5.73 Å². The third kappa shape index (κ3) is 3.05. The van der Waals surface area contributed by atoms with Crippen LogP contribution in [0.5, 0.6) is 0 Å². The monoisotopic (exact) mass is 246 g/mol. The number of para-hydroxylation sites is 1. The van der Waals surface area contributed by atoms with Crippen LogP contribution in [-0.4, -0.2) is 13.1 Å². The average molecular weight is 246 g/mol. The van der Waals surface area contributed by atoms with Gasteiger partial charge in [-0.2, -0.15) is 0 Å². The molecule has 0 bridgehead atoms. The first-order chi connectivity index (χ1) is 8.70. The summed E-state index contributed by atoms with van der Waals surface area (Å²) in [5.74, 6) is 0. The number of nitrogens with two attached hydrogens (primary N) is 1. The summed E-state index contributed by atoms with van der Waals surface area (Å²) in [6, 6.07) is 9.37. The predicted octanol–water partition coefficient (Wildman–Crippen LogP) is 3.87. The van der Waals surface area contributed by atoms with E-state index in [1.807, 2.05) is 0 Å². The van der Waals surface area contributed by atoms with Gasteiger partial charge in [-0.1, -0.05) is 43.9 Å². The molecule has 2 nitrogen and oxygen atoms in total. The van der Waals surface area contributed by atoms with Crippen LogP contribution in [0.4, 0.5) is 5.69 Å². The van der Waals surface area contributed by atoms with Crippen LogP contribution in [0.3, 0.4) is 0 Å². The largest absolute Gasteiger partial charge is 0.371 e. The second kappa shape index (κ2) is 6.24. The van der Waals surface area contributed by atoms with Crippen molar-refractivity contribution in [3.05, 3.63) is 29.8 Å². The molecule has 1 aromatic carbocycles. The molecule has 1 atom stereocenters. The van der Waals surface area contributed by atoms with Gasteiger partial charge in [0.25, 0.3) is 0 Å². The van der Waals surface area contributed by atoms with E-state index in [0.29, 0.717) is 6.04 Å². The third-order valence-electron chi connectivity index (χ3n) is 4.18. The molecule has 0 unspecified atom stereocenters. The lowest BCUT2D eigenvalue weighted by atomic mass is 10.0. The first kappa shape index (κ1) is 13.4. The zero-order valence-electron chi connectivity index (χ0n) is 11.7. The zero-order chi connectivity index (χ0) is 13.0. The lowest BCUT2D eigenvalue weighted by molar-refractivity contribution is 0.550. The van der Waals surface area contributed by atoms with Crippen LogP contribution in [0.15, 0.2) is 24.3 Å². The molecule has 0 aromatic heterocycles. The van der Waals surface area contributed by atoms with E-state index in [4.69, 9.17) is 5.73 Å². The fourth-order valence-electron chi connectivity index (χ4n) is 3.04. The molecule has 0 spiro atoms. The smallest absolute Gasteiger partial charge is 0.0414 e. The molecule has 0 radical (unpaired) electrons. The SMILES string of the molecule is C[C@@H](N)c1ccccc1N(C)C1CCCCCC1. The van der Waals surface area contributed by atoms with Crippen molar-refractivity contribution in [1.82, 2.24) is 0 Å². The highest BCUT2D eigenvalue weighted by molar-refractivity contribution is 5.55. The van der Waals surface area contributed by atoms with Gasteiger partial charge < -0.3 is 10.6 Å². The molecule has 0 aliphatic heterocycles. The van der Waals surface area contributed by atoms with Gasteiger partial charge in [0.1, 0.15) is 0 Å². The Morgan fingerprint density at radius 2 is 1.72 bits per heavy atom. The van der Waals surface area contributed by atoms with Crippen molar-refractivity contribution in [2.75, 3.05) is 11.9 Å². The third-order valence-corrected chi connectivity index (χ3v) is 4.18. The fraction of sp³-hybridized carbons (Fsp3) is 0.625. The Labute approximate surface area is 111 Å². The molecule has 2 N–H and O–H groups in total. The van der Waals surface area contributed by atoms with Gasteiger partial charge in [0.2, 0.25) is 0 Å². The van der Waals surface area contributed by atoms with Gasteiger partial charge in [-0.15, -0.1) is 0 Å². The zero-order valence-corrected chi connectivity index (χ0v) is 11.7. The lowest BCUT2D eigenvalue weighted by Crippen LogP contribution is -2.32. The summed E-state index contributed by atoms with van der Waals surface area (Å²) in [7, 11) is 2.23. The van der Waals surface area contributed by atoms with Gasteiger partial charge in [-0.25, -0.2) is 0 Å². The van der Waals surface area contributed by atoms with Gasteiger partial charge in [-0.3, -0.25) is 0 Å². The second-order valence-electron chi connectivity index (χ2n) is 5.60. The first-order valence-electron chi connectivity index (χ1n) is 7.27. The number of benzene rings is 1. The molecule has 2 heteroatoms. The number of anilines is 1. The van der Waals surface area contributed by atoms with E-state index in [9.17, 15) is 0 Å². The van der Waals surface area contributed by atoms with Gasteiger partial charge in [0, 0.05) is 24.8 Å². The molecular weight excluding hydrogens is 220 g/mol. The van der Waals surface area contributed by atoms with E-state index in [1.54, 1.807) is 0 Å². The van der Waals surface area contributed by atoms with Crippen LogP contribution in [-0.2, 0) is 0 Å². The van der Waals surface area contributed by atoms with Crippen LogP contribution in [0.1, 0.15) is 57.1 Å². The van der Waals surface area contributed by atoms with Gasteiger partial charge in [0.15, 0.2) is 0 Å². The Morgan fingerprint density at radius 1 is 1.11 bits per heavy atom. The summed E-state index contributed by atoms with van der Waals surface area (Å²) in [5.41, 5.74) is 8.67. The Bertz CT molecular complexity index is 365. The molecule has 18 heavy (non-hydrogen) atoms. The molecule has 0 saturated heterocycles. The topological polar surface area (TPSA) is 29.3 Å². The molecule has 0 amide bonds. The summed E-state index contributed by atoms with van der Waals surface area (Å²) in [5, 5.41) is 0. The van der Waals surface area contributed by atoms with E-state index in [-0.39, 0.29) is 6.04 Å². The van der Waals surface area contributed by atoms with E-state index < -0.39 is 0 Å². The molecule has 1 aliphatic rings. The van der Waals surface area contributed by atoms with Crippen molar-refractivity contribution in [3.8, 4) is 0 Å². The van der Waals surface area contributed by atoms with Crippen molar-refractivity contribution in [2.45, 2.75) is 57.5 Å². The maximum absolute atomic E-state index is 6.09. The quantitative estimate of drug-likeness (QED) is 0.820. The molecule has 1 aromatic rings. The van der Waals surface area contributed by atoms with Crippen molar-refractivity contribution in [1.29, 1.82) is 0 Å². The second-order valence-corrected chi connectivity index (χ2v) is 5.60. The molecule has 2 rings (SSSR count). The standard InChI is InChI=1S/C16H26N2/c1-13(17)15-11-7-8-12-16(15)18(2)14-9-5-3-4-6-10-14/h7-8,11-14H,3-6,9-10,17H2,1-2H3/t13-/m1/s1. The summed E-state index contributed by atoms with van der Waals surface area (Å²) < 4.78 is 0. The Morgan fingerprint density at radius 3 is 2.33 bits per heavy atom. The van der Waals surface area contributed by atoms with Gasteiger partial charge in [-0.05, 0) is 31.4 Å². The predicted molar refractivity (Wildman–Crippen MR) is 78.9 cm³/mol. The van der Waals surface area contributed by atoms with Crippen molar-refractivity contribution < 1.29 is 0 Å². The molecule has 1 aliphatic carbocycles. The van der Waals surface area contributed by atoms with Gasteiger partial charge in [0.05, 0.1) is 0 Å². The Balaban J connectivity index is 2.19. The maximum atomic E-state index is 6.09. The summed E-state index contributed by atoms with van der Waals surface area (Å²) >= 11 is 0. The van der Waals surface area contributed by atoms with Crippen LogP contribution in [0.2, 0.25) is 0 Å². The van der Waals surface area contributed by atoms with Gasteiger partial charge >= 0.3 is 0 Å². The summed E-state index contributed by atoms with van der Waals surface area (Å²) in [6.07, 6.45) is 8.19. The minimum atomic E-state index is 0.106. The molecule has 100 valence electrons. The van der Waals surface area contributed by atoms with Crippen LogP contribution < -0.4 is 10.6 Å². The van der Waals surface area contributed by atoms with Crippen LogP contribution in [0.25, 0.3) is 0 Å². The number of hydrogen-bond acceptors (Lipinski definition) is 2. The maximum Gasteiger partial charge on any atom is 0.0414 e. The highest BCUT2D eigenvalue weighted by Crippen LogP contribution is 2.29. The van der Waals surface area contributed by atoms with Crippen molar-refractivity contribution in [3.63, 3.8) is 0 Å². The highest BCUT2D eigenvalue weighted by atomic mass is 15.1.